The van der Waals surface area contributed by atoms with Crippen molar-refractivity contribution < 1.29 is 9.84 Å². The van der Waals surface area contributed by atoms with Crippen molar-refractivity contribution in [3.8, 4) is 5.75 Å². The fraction of sp³-hybridized carbons (Fsp3) is 0.500. The molecule has 2 rings (SSSR count). The zero-order chi connectivity index (χ0) is 13.3. The first-order valence-electron chi connectivity index (χ1n) is 5.72. The Morgan fingerprint density at radius 3 is 2.50 bits per heavy atom. The summed E-state index contributed by atoms with van der Waals surface area (Å²) in [6.07, 6.45) is 0.357. The van der Waals surface area contributed by atoms with Gasteiger partial charge >= 0.3 is 0 Å². The van der Waals surface area contributed by atoms with Crippen molar-refractivity contribution in [1.29, 1.82) is 0 Å². The number of ether oxygens (including phenoxy) is 1. The zero-order valence-electron chi connectivity index (χ0n) is 10.2. The second-order valence-corrected chi connectivity index (χ2v) is 6.41. The Labute approximate surface area is 121 Å². The van der Waals surface area contributed by atoms with E-state index in [9.17, 15) is 5.11 Å². The van der Waals surface area contributed by atoms with Gasteiger partial charge in [0.1, 0.15) is 5.75 Å². The van der Waals surface area contributed by atoms with Crippen molar-refractivity contribution in [2.45, 2.75) is 31.0 Å². The second kappa shape index (κ2) is 5.88. The molecule has 1 fully saturated rings. The molecule has 0 aromatic heterocycles. The summed E-state index contributed by atoms with van der Waals surface area (Å²) in [7, 11) is 0. The summed E-state index contributed by atoms with van der Waals surface area (Å²) in [6.45, 7) is 5.68. The van der Waals surface area contributed by atoms with Crippen LogP contribution < -0.4 is 0 Å². The number of hydrogen-bond donors (Lipinski definition) is 1. The minimum Gasteiger partial charge on any atom is -0.505 e. The largest absolute Gasteiger partial charge is 0.505 e. The van der Waals surface area contributed by atoms with Crippen molar-refractivity contribution in [2.24, 2.45) is 0 Å². The van der Waals surface area contributed by atoms with Gasteiger partial charge in [-0.25, -0.2) is 4.31 Å². The molecule has 1 saturated heterocycles. The van der Waals surface area contributed by atoms with Crippen molar-refractivity contribution in [3.63, 3.8) is 0 Å². The van der Waals surface area contributed by atoms with Gasteiger partial charge in [0, 0.05) is 18.1 Å². The lowest BCUT2D eigenvalue weighted by atomic mass is 10.3. The van der Waals surface area contributed by atoms with Crippen LogP contribution in [-0.4, -0.2) is 34.7 Å². The second-order valence-electron chi connectivity index (χ2n) is 4.43. The van der Waals surface area contributed by atoms with Crippen molar-refractivity contribution in [2.75, 3.05) is 13.1 Å². The highest BCUT2D eigenvalue weighted by Gasteiger charge is 2.24. The van der Waals surface area contributed by atoms with Gasteiger partial charge in [-0.05, 0) is 37.9 Å². The quantitative estimate of drug-likeness (QED) is 0.842. The average molecular weight is 308 g/mol. The number of benzene rings is 1. The van der Waals surface area contributed by atoms with E-state index in [-0.39, 0.29) is 23.0 Å². The van der Waals surface area contributed by atoms with Crippen molar-refractivity contribution >= 4 is 35.1 Å². The molecule has 3 nitrogen and oxygen atoms in total. The van der Waals surface area contributed by atoms with Gasteiger partial charge in [0.2, 0.25) is 0 Å². The molecule has 1 heterocycles. The summed E-state index contributed by atoms with van der Waals surface area (Å²) in [6, 6.07) is 3.26. The Bertz CT molecular complexity index is 434. The van der Waals surface area contributed by atoms with Crippen molar-refractivity contribution in [3.05, 3.63) is 22.2 Å². The molecule has 6 heteroatoms. The monoisotopic (exact) mass is 307 g/mol. The molecule has 0 bridgehead atoms. The van der Waals surface area contributed by atoms with Crippen LogP contribution in [0.4, 0.5) is 0 Å². The highest BCUT2D eigenvalue weighted by molar-refractivity contribution is 7.97. The van der Waals surface area contributed by atoms with Gasteiger partial charge in [-0.1, -0.05) is 23.2 Å². The number of halogens is 2. The fourth-order valence-electron chi connectivity index (χ4n) is 1.96. The van der Waals surface area contributed by atoms with Gasteiger partial charge in [0.25, 0.3) is 0 Å². The summed E-state index contributed by atoms with van der Waals surface area (Å²) in [5.41, 5.74) is 0. The summed E-state index contributed by atoms with van der Waals surface area (Å²) in [4.78, 5) is 0.675. The number of nitrogens with zero attached hydrogens (tertiary/aromatic N) is 1. The number of phenols is 1. The van der Waals surface area contributed by atoms with Crippen LogP contribution in [0.2, 0.25) is 10.0 Å². The molecule has 1 aromatic rings. The van der Waals surface area contributed by atoms with E-state index in [4.69, 9.17) is 27.9 Å². The maximum Gasteiger partial charge on any atom is 0.149 e. The van der Waals surface area contributed by atoms with E-state index in [0.717, 1.165) is 13.1 Å². The first-order chi connectivity index (χ1) is 8.45. The Hall–Kier alpha value is -0.130. The molecule has 18 heavy (non-hydrogen) atoms. The van der Waals surface area contributed by atoms with Crippen LogP contribution in [0.25, 0.3) is 0 Å². The van der Waals surface area contributed by atoms with E-state index < -0.39 is 0 Å². The van der Waals surface area contributed by atoms with Crippen LogP contribution in [0.3, 0.4) is 0 Å². The summed E-state index contributed by atoms with van der Waals surface area (Å²) in [5, 5.41) is 10.7. The molecule has 1 aliphatic rings. The van der Waals surface area contributed by atoms with Crippen LogP contribution in [-0.2, 0) is 4.74 Å². The van der Waals surface area contributed by atoms with Crippen LogP contribution >= 0.6 is 35.1 Å². The third-order valence-corrected chi connectivity index (χ3v) is 4.18. The number of hydrogen-bond acceptors (Lipinski definition) is 4. The first kappa shape index (κ1) is 14.3. The number of morpholine rings is 1. The van der Waals surface area contributed by atoms with Crippen LogP contribution in [0.5, 0.6) is 5.75 Å². The molecule has 100 valence electrons. The minimum absolute atomic E-state index is 0.0814. The summed E-state index contributed by atoms with van der Waals surface area (Å²) >= 11 is 13.3. The first-order valence-corrected chi connectivity index (χ1v) is 7.25. The SMILES string of the molecule is CC1CN(Sc2cc(Cl)cc(Cl)c2O)CC(C)O1. The molecule has 0 radical (unpaired) electrons. The van der Waals surface area contributed by atoms with Gasteiger partial charge in [0.05, 0.1) is 22.1 Å². The molecule has 1 N–H and O–H groups in total. The number of phenolic OH excluding ortho intramolecular Hbond substituents is 1. The Kier molecular flexibility index (Phi) is 4.67. The molecule has 0 saturated carbocycles. The molecule has 0 spiro atoms. The average Bonchev–Trinajstić information content (AvgIpc) is 2.23. The van der Waals surface area contributed by atoms with Gasteiger partial charge < -0.3 is 9.84 Å². The maximum absolute atomic E-state index is 9.92. The molecule has 1 aromatic carbocycles. The van der Waals surface area contributed by atoms with E-state index in [1.807, 2.05) is 13.8 Å². The molecule has 0 amide bonds. The summed E-state index contributed by atoms with van der Waals surface area (Å²) < 4.78 is 7.82. The van der Waals surface area contributed by atoms with Gasteiger partial charge in [-0.3, -0.25) is 0 Å². The van der Waals surface area contributed by atoms with Crippen LogP contribution in [0.1, 0.15) is 13.8 Å². The Morgan fingerprint density at radius 1 is 1.28 bits per heavy atom. The molecular formula is C12H15Cl2NO2S. The molecule has 0 aliphatic carbocycles. The lowest BCUT2D eigenvalue weighted by Crippen LogP contribution is -2.41. The standard InChI is InChI=1S/C12H15Cl2NO2S/c1-7-5-15(6-8(2)17-7)18-11-4-9(13)3-10(14)12(11)16/h3-4,7-8,16H,5-6H2,1-2H3. The lowest BCUT2D eigenvalue weighted by molar-refractivity contribution is -0.0414. The van der Waals surface area contributed by atoms with E-state index in [1.54, 1.807) is 6.07 Å². The smallest absolute Gasteiger partial charge is 0.149 e. The number of aromatic hydroxyl groups is 1. The fourth-order valence-corrected chi connectivity index (χ4v) is 3.79. The summed E-state index contributed by atoms with van der Waals surface area (Å²) in [5.74, 6) is 0.0814. The Morgan fingerprint density at radius 2 is 1.89 bits per heavy atom. The van der Waals surface area contributed by atoms with Gasteiger partial charge in [-0.2, -0.15) is 0 Å². The predicted molar refractivity (Wildman–Crippen MR) is 75.6 cm³/mol. The third-order valence-electron chi connectivity index (χ3n) is 2.61. The predicted octanol–water partition coefficient (Wildman–Crippen LogP) is 3.82. The highest BCUT2D eigenvalue weighted by Crippen LogP contribution is 2.39. The van der Waals surface area contributed by atoms with E-state index in [0.29, 0.717) is 9.92 Å². The van der Waals surface area contributed by atoms with E-state index in [1.165, 1.54) is 18.0 Å². The normalized spacial score (nSPS) is 25.3. The Balaban J connectivity index is 2.14. The lowest BCUT2D eigenvalue weighted by Gasteiger charge is -2.34. The highest BCUT2D eigenvalue weighted by atomic mass is 35.5. The molecule has 2 atom stereocenters. The number of rotatable bonds is 2. The van der Waals surface area contributed by atoms with Crippen LogP contribution in [0, 0.1) is 0 Å². The third kappa shape index (κ3) is 3.45. The minimum atomic E-state index is 0.0814. The van der Waals surface area contributed by atoms with Gasteiger partial charge in [0.15, 0.2) is 0 Å². The van der Waals surface area contributed by atoms with Crippen molar-refractivity contribution in [1.82, 2.24) is 4.31 Å². The van der Waals surface area contributed by atoms with Crippen LogP contribution in [0.15, 0.2) is 17.0 Å². The topological polar surface area (TPSA) is 32.7 Å². The molecular weight excluding hydrogens is 293 g/mol. The zero-order valence-corrected chi connectivity index (χ0v) is 12.5. The maximum atomic E-state index is 9.92. The van der Waals surface area contributed by atoms with E-state index >= 15 is 0 Å². The van der Waals surface area contributed by atoms with E-state index in [2.05, 4.69) is 4.31 Å². The molecule has 2 unspecified atom stereocenters. The molecule has 1 aliphatic heterocycles. The van der Waals surface area contributed by atoms with Gasteiger partial charge in [-0.15, -0.1) is 0 Å².